The van der Waals surface area contributed by atoms with Gasteiger partial charge in [-0.2, -0.15) is 0 Å². The van der Waals surface area contributed by atoms with Crippen LogP contribution in [0, 0.1) is 11.3 Å². The maximum atomic E-state index is 5.18. The Morgan fingerprint density at radius 1 is 1.13 bits per heavy atom. The Bertz CT molecular complexity index is 177. The van der Waals surface area contributed by atoms with Crippen molar-refractivity contribution in [1.82, 2.24) is 4.90 Å². The molecule has 2 nitrogen and oxygen atoms in total. The summed E-state index contributed by atoms with van der Waals surface area (Å²) >= 11 is 0. The van der Waals surface area contributed by atoms with Gasteiger partial charge in [0, 0.05) is 13.2 Å². The van der Waals surface area contributed by atoms with Crippen LogP contribution in [0.4, 0.5) is 0 Å². The van der Waals surface area contributed by atoms with Crippen molar-refractivity contribution in [2.75, 3.05) is 20.9 Å². The van der Waals surface area contributed by atoms with Gasteiger partial charge in [0.15, 0.2) is 0 Å². The third-order valence-corrected chi connectivity index (χ3v) is 3.88. The monoisotopic (exact) mass is 213 g/mol. The molecule has 0 N–H and O–H groups in total. The van der Waals surface area contributed by atoms with Crippen molar-refractivity contribution in [3.63, 3.8) is 0 Å². The van der Waals surface area contributed by atoms with E-state index < -0.39 is 0 Å². The highest BCUT2D eigenvalue weighted by Crippen LogP contribution is 2.38. The lowest BCUT2D eigenvalue weighted by Crippen LogP contribution is -2.38. The highest BCUT2D eigenvalue weighted by molar-refractivity contribution is 4.83. The summed E-state index contributed by atoms with van der Waals surface area (Å²) < 4.78 is 5.18. The summed E-state index contributed by atoms with van der Waals surface area (Å²) in [6.45, 7) is 7.88. The van der Waals surface area contributed by atoms with Gasteiger partial charge >= 0.3 is 0 Å². The third kappa shape index (κ3) is 3.76. The fourth-order valence-electron chi connectivity index (χ4n) is 2.69. The first-order valence-electron chi connectivity index (χ1n) is 6.14. The van der Waals surface area contributed by atoms with E-state index in [1.54, 1.807) is 7.11 Å². The minimum atomic E-state index is 0.491. The number of nitrogens with zero attached hydrogens (tertiary/aromatic N) is 1. The van der Waals surface area contributed by atoms with Crippen LogP contribution in [-0.2, 0) is 4.74 Å². The van der Waals surface area contributed by atoms with Crippen LogP contribution in [0.1, 0.15) is 46.5 Å². The van der Waals surface area contributed by atoms with Crippen molar-refractivity contribution in [1.29, 1.82) is 0 Å². The van der Waals surface area contributed by atoms with Gasteiger partial charge in [-0.05, 0) is 44.1 Å². The molecule has 1 fully saturated rings. The first-order chi connectivity index (χ1) is 6.95. The van der Waals surface area contributed by atoms with E-state index in [0.29, 0.717) is 5.41 Å². The minimum Gasteiger partial charge on any atom is -0.369 e. The summed E-state index contributed by atoms with van der Waals surface area (Å²) in [6.07, 6.45) is 5.42. The van der Waals surface area contributed by atoms with Crippen molar-refractivity contribution < 1.29 is 4.74 Å². The van der Waals surface area contributed by atoms with Gasteiger partial charge in [-0.3, -0.25) is 4.90 Å². The molecule has 0 radical (unpaired) electrons. The van der Waals surface area contributed by atoms with Gasteiger partial charge in [0.1, 0.15) is 0 Å². The Morgan fingerprint density at radius 2 is 1.67 bits per heavy atom. The molecule has 90 valence electrons. The van der Waals surface area contributed by atoms with Gasteiger partial charge in [0.05, 0.1) is 6.73 Å². The molecule has 1 aliphatic rings. The molecule has 0 aliphatic heterocycles. The summed E-state index contributed by atoms with van der Waals surface area (Å²) in [6, 6.07) is 0.739. The first kappa shape index (κ1) is 13.0. The van der Waals surface area contributed by atoms with Crippen LogP contribution in [0.5, 0.6) is 0 Å². The van der Waals surface area contributed by atoms with E-state index in [4.69, 9.17) is 4.74 Å². The number of methoxy groups -OCH3 is 1. The standard InChI is InChI=1S/C13H27NO/c1-13(2,3)11-6-8-12(9-7-11)14(4)10-15-5/h11-12H,6-10H2,1-5H3/t11-,12-. The van der Waals surface area contributed by atoms with Crippen LogP contribution in [0.3, 0.4) is 0 Å². The van der Waals surface area contributed by atoms with Crippen LogP contribution in [0.25, 0.3) is 0 Å². The SMILES string of the molecule is COCN(C)[C@H]1CC[C@H](C(C)(C)C)CC1. The van der Waals surface area contributed by atoms with Gasteiger partial charge in [-0.15, -0.1) is 0 Å². The molecule has 0 aromatic carbocycles. The number of rotatable bonds is 3. The fourth-order valence-corrected chi connectivity index (χ4v) is 2.69. The molecule has 0 amide bonds. The average Bonchev–Trinajstić information content (AvgIpc) is 2.17. The zero-order valence-electron chi connectivity index (χ0n) is 11.0. The van der Waals surface area contributed by atoms with Crippen LogP contribution >= 0.6 is 0 Å². The molecule has 0 heterocycles. The molecule has 1 aliphatic carbocycles. The predicted molar refractivity (Wildman–Crippen MR) is 64.8 cm³/mol. The zero-order valence-corrected chi connectivity index (χ0v) is 11.0. The average molecular weight is 213 g/mol. The Morgan fingerprint density at radius 3 is 2.07 bits per heavy atom. The number of hydrogen-bond donors (Lipinski definition) is 0. The van der Waals surface area contributed by atoms with Gasteiger partial charge < -0.3 is 4.74 Å². The molecule has 0 unspecified atom stereocenters. The third-order valence-electron chi connectivity index (χ3n) is 3.88. The lowest BCUT2D eigenvalue weighted by molar-refractivity contribution is 0.0261. The summed E-state index contributed by atoms with van der Waals surface area (Å²) in [7, 11) is 3.95. The zero-order chi connectivity index (χ0) is 11.5. The molecule has 15 heavy (non-hydrogen) atoms. The van der Waals surface area contributed by atoms with Crippen LogP contribution in [0.2, 0.25) is 0 Å². The fraction of sp³-hybridized carbons (Fsp3) is 1.00. The molecule has 0 bridgehead atoms. The second kappa shape index (κ2) is 5.31. The van der Waals surface area contributed by atoms with Crippen molar-refractivity contribution in [3.8, 4) is 0 Å². The smallest absolute Gasteiger partial charge is 0.0986 e. The van der Waals surface area contributed by atoms with Gasteiger partial charge in [-0.25, -0.2) is 0 Å². The number of hydrogen-bond acceptors (Lipinski definition) is 2. The van der Waals surface area contributed by atoms with Gasteiger partial charge in [0.2, 0.25) is 0 Å². The van der Waals surface area contributed by atoms with Crippen molar-refractivity contribution in [3.05, 3.63) is 0 Å². The van der Waals surface area contributed by atoms with Crippen molar-refractivity contribution in [2.24, 2.45) is 11.3 Å². The highest BCUT2D eigenvalue weighted by Gasteiger charge is 2.30. The van der Waals surface area contributed by atoms with E-state index in [1.807, 2.05) is 0 Å². The van der Waals surface area contributed by atoms with E-state index in [0.717, 1.165) is 18.7 Å². The Kier molecular flexibility index (Phi) is 4.60. The van der Waals surface area contributed by atoms with Gasteiger partial charge in [0.25, 0.3) is 0 Å². The van der Waals surface area contributed by atoms with E-state index in [1.165, 1.54) is 25.7 Å². The summed E-state index contributed by atoms with van der Waals surface area (Å²) in [5, 5.41) is 0. The Balaban J connectivity index is 2.36. The topological polar surface area (TPSA) is 12.5 Å². The van der Waals surface area contributed by atoms with E-state index in [2.05, 4.69) is 32.7 Å². The molecule has 1 rings (SSSR count). The quantitative estimate of drug-likeness (QED) is 0.668. The summed E-state index contributed by atoms with van der Waals surface area (Å²) in [5.74, 6) is 0.907. The second-order valence-corrected chi connectivity index (χ2v) is 6.05. The van der Waals surface area contributed by atoms with E-state index in [-0.39, 0.29) is 0 Å². The molecule has 0 saturated heterocycles. The molecule has 1 saturated carbocycles. The summed E-state index contributed by atoms with van der Waals surface area (Å²) in [5.41, 5.74) is 0.491. The van der Waals surface area contributed by atoms with Crippen molar-refractivity contribution >= 4 is 0 Å². The Labute approximate surface area is 95.0 Å². The predicted octanol–water partition coefficient (Wildman–Crippen LogP) is 3.13. The van der Waals surface area contributed by atoms with E-state index in [9.17, 15) is 0 Å². The van der Waals surface area contributed by atoms with Crippen LogP contribution in [-0.4, -0.2) is 31.8 Å². The maximum Gasteiger partial charge on any atom is 0.0986 e. The lowest BCUT2D eigenvalue weighted by Gasteiger charge is -2.39. The normalized spacial score (nSPS) is 28.4. The molecule has 0 aromatic rings. The van der Waals surface area contributed by atoms with Crippen LogP contribution < -0.4 is 0 Å². The molecule has 2 heteroatoms. The van der Waals surface area contributed by atoms with Crippen molar-refractivity contribution in [2.45, 2.75) is 52.5 Å². The second-order valence-electron chi connectivity index (χ2n) is 6.05. The van der Waals surface area contributed by atoms with Crippen LogP contribution in [0.15, 0.2) is 0 Å². The largest absolute Gasteiger partial charge is 0.369 e. The van der Waals surface area contributed by atoms with E-state index >= 15 is 0 Å². The molecule has 0 spiro atoms. The maximum absolute atomic E-state index is 5.18. The first-order valence-corrected chi connectivity index (χ1v) is 6.14. The molecule has 0 atom stereocenters. The molecule has 0 aromatic heterocycles. The Hall–Kier alpha value is -0.0800. The molecular formula is C13H27NO. The minimum absolute atomic E-state index is 0.491. The molecular weight excluding hydrogens is 186 g/mol. The highest BCUT2D eigenvalue weighted by atomic mass is 16.5. The summed E-state index contributed by atoms with van der Waals surface area (Å²) in [4.78, 5) is 2.35. The number of ether oxygens (including phenoxy) is 1. The lowest BCUT2D eigenvalue weighted by atomic mass is 9.71. The van der Waals surface area contributed by atoms with Gasteiger partial charge in [-0.1, -0.05) is 20.8 Å².